The van der Waals surface area contributed by atoms with Crippen molar-refractivity contribution in [3.05, 3.63) is 220 Å². The van der Waals surface area contributed by atoms with Gasteiger partial charge in [-0.15, -0.1) is 0 Å². The number of hydrogen-bond donors (Lipinski definition) is 0. The lowest BCUT2D eigenvalue weighted by molar-refractivity contribution is 0.429. The highest BCUT2D eigenvalue weighted by molar-refractivity contribution is 6.96. The van der Waals surface area contributed by atoms with Gasteiger partial charge in [-0.1, -0.05) is 158 Å². The molecule has 3 nitrogen and oxygen atoms in total. The molecule has 0 N–H and O–H groups in total. The van der Waals surface area contributed by atoms with Crippen molar-refractivity contribution in [3.8, 4) is 22.9 Å². The first-order valence-electron chi connectivity index (χ1n) is 24.6. The minimum absolute atomic E-state index is 0.0262. The molecule has 6 aromatic carbocycles. The van der Waals surface area contributed by atoms with Crippen LogP contribution in [0.3, 0.4) is 0 Å². The average molecular weight is 860 g/mol. The van der Waals surface area contributed by atoms with Gasteiger partial charge in [0.05, 0.1) is 28.7 Å². The number of nitriles is 1. The minimum Gasteiger partial charge on any atom is -0.339 e. The van der Waals surface area contributed by atoms with Crippen molar-refractivity contribution in [2.75, 3.05) is 4.90 Å². The molecule has 0 fully saturated rings. The Morgan fingerprint density at radius 3 is 2.42 bits per heavy atom. The normalized spacial score (nSPS) is 22.5. The molecule has 4 unspecified atom stereocenters. The number of fused-ring (bicyclic) bond motifs is 9. The van der Waals surface area contributed by atoms with Crippen LogP contribution in [0.4, 0.5) is 5.69 Å². The highest BCUT2D eigenvalue weighted by atomic mass is 15.2. The van der Waals surface area contributed by atoms with Crippen LogP contribution in [-0.2, 0) is 0 Å². The van der Waals surface area contributed by atoms with E-state index in [2.05, 4.69) is 199 Å². The first-order chi connectivity index (χ1) is 33.1. The summed E-state index contributed by atoms with van der Waals surface area (Å²) in [6.45, 7) is 4.81. The zero-order chi connectivity index (χ0) is 44.5. The second kappa shape index (κ2) is 14.8. The number of anilines is 1. The van der Waals surface area contributed by atoms with Gasteiger partial charge in [-0.3, -0.25) is 0 Å². The Morgan fingerprint density at radius 1 is 0.776 bits per heavy atom. The summed E-state index contributed by atoms with van der Waals surface area (Å²) in [6.07, 6.45) is 25.7. The van der Waals surface area contributed by atoms with Crippen LogP contribution in [0.1, 0.15) is 63.5 Å². The maximum absolute atomic E-state index is 11.0. The number of aromatic nitrogens is 1. The van der Waals surface area contributed by atoms with Crippen molar-refractivity contribution >= 4 is 61.5 Å². The van der Waals surface area contributed by atoms with Crippen LogP contribution >= 0.6 is 0 Å². The average Bonchev–Trinajstić information content (AvgIpc) is 3.71. The third kappa shape index (κ3) is 5.52. The van der Waals surface area contributed by atoms with E-state index in [1.54, 1.807) is 0 Å². The summed E-state index contributed by atoms with van der Waals surface area (Å²) in [5, 5.41) is 16.1. The summed E-state index contributed by atoms with van der Waals surface area (Å²) >= 11 is 0. The Hall–Kier alpha value is -7.35. The van der Waals surface area contributed by atoms with Crippen LogP contribution < -0.4 is 15.8 Å². The standard InChI is InChI=1S/C63H50BN3/c1-38-18-16-19-39(2)62(38)67-56-36-50-49(58(41-20-6-3-7-21-41)45-27-12-13-28-46(45)59(50)42-22-8-4-9-23-42)34-53(56)64-54-35-52-44-26-14-15-31-55(44)66(43-24-10-5-11-25-43)63(52)48-30-17-29-47(60(48)54)51-32-40(37-65)33-57(67)61(51)64/h3-12,14-15,17-18,20,22-27,29-35,39,41,50,62H,13,16,19,21,28,36H2,1-2H3. The molecule has 1 aromatic heterocycles. The molecule has 0 saturated carbocycles. The SMILES string of the molecule is CC1=CCCC(C)C1N1C2=C(C=C3C(C4C=CC=CC4)=C4C=CCCC4=C(c4ccccc4)C3C2)B2c3c(cc(C#N)cc31)-c1cccc3c1c2cc1c2ccccc2n(-c2ccccc2)c31. The van der Waals surface area contributed by atoms with E-state index in [-0.39, 0.29) is 18.7 Å². The second-order valence-corrected chi connectivity index (χ2v) is 20.0. The molecule has 14 rings (SSSR count). The van der Waals surface area contributed by atoms with Crippen molar-refractivity contribution in [1.82, 2.24) is 4.57 Å². The first-order valence-corrected chi connectivity index (χ1v) is 24.6. The number of hydrogen-bond acceptors (Lipinski definition) is 2. The Balaban J connectivity index is 1.13. The maximum Gasteiger partial charge on any atom is 0.247 e. The van der Waals surface area contributed by atoms with Gasteiger partial charge >= 0.3 is 0 Å². The Morgan fingerprint density at radius 2 is 1.60 bits per heavy atom. The van der Waals surface area contributed by atoms with Crippen LogP contribution in [0.2, 0.25) is 0 Å². The topological polar surface area (TPSA) is 32.0 Å². The Bertz CT molecular complexity index is 3630. The zero-order valence-electron chi connectivity index (χ0n) is 38.1. The fourth-order valence-electron chi connectivity index (χ4n) is 13.9. The van der Waals surface area contributed by atoms with E-state index in [1.807, 2.05) is 0 Å². The summed E-state index contributed by atoms with van der Waals surface area (Å²) in [5.74, 6) is 0.927. The molecule has 5 aliphatic carbocycles. The van der Waals surface area contributed by atoms with Gasteiger partial charge < -0.3 is 9.47 Å². The molecule has 0 radical (unpaired) electrons. The molecule has 4 atom stereocenters. The van der Waals surface area contributed by atoms with Gasteiger partial charge in [0.15, 0.2) is 0 Å². The highest BCUT2D eigenvalue weighted by Crippen LogP contribution is 2.57. The van der Waals surface area contributed by atoms with E-state index >= 15 is 0 Å². The molecule has 4 heteroatoms. The van der Waals surface area contributed by atoms with E-state index in [1.165, 1.54) is 110 Å². The predicted molar refractivity (Wildman–Crippen MR) is 280 cm³/mol. The summed E-state index contributed by atoms with van der Waals surface area (Å²) in [4.78, 5) is 2.79. The number of rotatable bonds is 4. The Kier molecular flexibility index (Phi) is 8.61. The summed E-state index contributed by atoms with van der Waals surface area (Å²) < 4.78 is 2.49. The summed E-state index contributed by atoms with van der Waals surface area (Å²) in [7, 11) is 0. The third-order valence-electron chi connectivity index (χ3n) is 16.5. The van der Waals surface area contributed by atoms with Gasteiger partial charge in [-0.05, 0) is 143 Å². The van der Waals surface area contributed by atoms with Crippen molar-refractivity contribution in [1.29, 1.82) is 5.26 Å². The quantitative estimate of drug-likeness (QED) is 0.130. The van der Waals surface area contributed by atoms with E-state index < -0.39 is 0 Å². The second-order valence-electron chi connectivity index (χ2n) is 20.0. The van der Waals surface area contributed by atoms with Gasteiger partial charge in [-0.2, -0.15) is 5.26 Å². The molecule has 2 aliphatic heterocycles. The molecule has 7 aromatic rings. The van der Waals surface area contributed by atoms with E-state index in [4.69, 9.17) is 0 Å². The molecule has 0 amide bonds. The number of allylic oxidation sites excluding steroid dienone is 15. The number of nitrogens with zero attached hydrogens (tertiary/aromatic N) is 3. The molecule has 7 aliphatic rings. The van der Waals surface area contributed by atoms with Crippen molar-refractivity contribution < 1.29 is 0 Å². The van der Waals surface area contributed by atoms with Crippen molar-refractivity contribution in [2.45, 2.75) is 58.4 Å². The third-order valence-corrected chi connectivity index (χ3v) is 16.5. The van der Waals surface area contributed by atoms with Gasteiger partial charge in [0.2, 0.25) is 6.71 Å². The lowest BCUT2D eigenvalue weighted by atomic mass is 9.30. The largest absolute Gasteiger partial charge is 0.339 e. The maximum atomic E-state index is 11.0. The van der Waals surface area contributed by atoms with Crippen LogP contribution in [0.25, 0.3) is 55.0 Å². The monoisotopic (exact) mass is 859 g/mol. The molecule has 0 bridgehead atoms. The van der Waals surface area contributed by atoms with Gasteiger partial charge in [0, 0.05) is 45.1 Å². The highest BCUT2D eigenvalue weighted by Gasteiger charge is 2.49. The van der Waals surface area contributed by atoms with Gasteiger partial charge in [0.25, 0.3) is 0 Å². The van der Waals surface area contributed by atoms with E-state index in [0.717, 1.165) is 49.8 Å². The molecule has 0 spiro atoms. The number of benzene rings is 6. The van der Waals surface area contributed by atoms with Crippen LogP contribution in [0, 0.1) is 29.1 Å². The van der Waals surface area contributed by atoms with Crippen LogP contribution in [-0.4, -0.2) is 17.3 Å². The molecule has 0 saturated heterocycles. The van der Waals surface area contributed by atoms with Crippen LogP contribution in [0.5, 0.6) is 0 Å². The minimum atomic E-state index is -0.0262. The molecule has 3 heterocycles. The van der Waals surface area contributed by atoms with Crippen molar-refractivity contribution in [2.24, 2.45) is 17.8 Å². The predicted octanol–water partition coefficient (Wildman–Crippen LogP) is 13.9. The van der Waals surface area contributed by atoms with E-state index in [9.17, 15) is 5.26 Å². The summed E-state index contributed by atoms with van der Waals surface area (Å²) in [6, 6.07) is 48.1. The zero-order valence-corrected chi connectivity index (χ0v) is 38.1. The number of para-hydroxylation sites is 2. The van der Waals surface area contributed by atoms with Crippen molar-refractivity contribution in [3.63, 3.8) is 0 Å². The van der Waals surface area contributed by atoms with Gasteiger partial charge in [0.1, 0.15) is 0 Å². The fourth-order valence-corrected chi connectivity index (χ4v) is 13.9. The smallest absolute Gasteiger partial charge is 0.247 e. The Labute approximate surface area is 393 Å². The molecule has 67 heavy (non-hydrogen) atoms. The fraction of sp³-hybridized carbons (Fsp3) is 0.190. The van der Waals surface area contributed by atoms with Crippen LogP contribution in [0.15, 0.2) is 209 Å². The van der Waals surface area contributed by atoms with Gasteiger partial charge in [-0.25, -0.2) is 0 Å². The van der Waals surface area contributed by atoms with E-state index in [0.29, 0.717) is 11.8 Å². The lowest BCUT2D eigenvalue weighted by Crippen LogP contribution is -2.58. The summed E-state index contributed by atoms with van der Waals surface area (Å²) in [5.41, 5.74) is 23.9. The molecule has 320 valence electrons. The first kappa shape index (κ1) is 38.9. The lowest BCUT2D eigenvalue weighted by Gasteiger charge is -2.51. The molecular weight excluding hydrogens is 810 g/mol. The molecular formula is C63H50BN3.